The Morgan fingerprint density at radius 3 is 2.39 bits per heavy atom. The smallest absolute Gasteiger partial charge is 0.222 e. The SMILES string of the molecule is NC(=O)CCc1cccc(N2CC3CN(C(=O)CC4CCCCC4)CC3C2)c1. The number of hydrogen-bond acceptors (Lipinski definition) is 3. The van der Waals surface area contributed by atoms with Gasteiger partial charge in [0.15, 0.2) is 0 Å². The first-order valence-corrected chi connectivity index (χ1v) is 11.0. The monoisotopic (exact) mass is 383 g/mol. The molecule has 0 bridgehead atoms. The molecule has 1 aliphatic carbocycles. The van der Waals surface area contributed by atoms with Crippen molar-refractivity contribution in [2.45, 2.75) is 51.4 Å². The van der Waals surface area contributed by atoms with Gasteiger partial charge in [-0.2, -0.15) is 0 Å². The van der Waals surface area contributed by atoms with Crippen LogP contribution in [-0.2, 0) is 16.0 Å². The standard InChI is InChI=1S/C23H33N3O2/c24-22(27)10-9-18-7-4-8-21(11-18)25-13-19-15-26(16-20(19)14-25)23(28)12-17-5-2-1-3-6-17/h4,7-8,11,17,19-20H,1-3,5-6,9-10,12-16H2,(H2,24,27). The van der Waals surface area contributed by atoms with E-state index in [1.807, 2.05) is 0 Å². The Kier molecular flexibility index (Phi) is 5.88. The molecule has 3 fully saturated rings. The molecular weight excluding hydrogens is 350 g/mol. The van der Waals surface area contributed by atoms with Gasteiger partial charge in [0.1, 0.15) is 0 Å². The number of amides is 2. The molecule has 2 N–H and O–H groups in total. The molecular formula is C23H33N3O2. The van der Waals surface area contributed by atoms with Crippen LogP contribution in [0.3, 0.4) is 0 Å². The van der Waals surface area contributed by atoms with E-state index in [0.717, 1.165) is 38.2 Å². The zero-order chi connectivity index (χ0) is 19.5. The van der Waals surface area contributed by atoms with Gasteiger partial charge in [-0.1, -0.05) is 31.4 Å². The number of carbonyl (C=O) groups excluding carboxylic acids is 2. The molecule has 2 heterocycles. The Morgan fingerprint density at radius 2 is 1.71 bits per heavy atom. The van der Waals surface area contributed by atoms with Crippen molar-refractivity contribution in [2.75, 3.05) is 31.1 Å². The van der Waals surface area contributed by atoms with Gasteiger partial charge >= 0.3 is 0 Å². The van der Waals surface area contributed by atoms with Crippen molar-refractivity contribution in [3.8, 4) is 0 Å². The summed E-state index contributed by atoms with van der Waals surface area (Å²) in [4.78, 5) is 28.4. The van der Waals surface area contributed by atoms with E-state index in [-0.39, 0.29) is 5.91 Å². The summed E-state index contributed by atoms with van der Waals surface area (Å²) < 4.78 is 0. The van der Waals surface area contributed by atoms with Gasteiger partial charge in [0.25, 0.3) is 0 Å². The summed E-state index contributed by atoms with van der Waals surface area (Å²) in [6, 6.07) is 8.48. The van der Waals surface area contributed by atoms with Crippen LogP contribution in [0.1, 0.15) is 50.5 Å². The van der Waals surface area contributed by atoms with Crippen molar-refractivity contribution in [3.05, 3.63) is 29.8 Å². The van der Waals surface area contributed by atoms with Gasteiger partial charge in [0.05, 0.1) is 0 Å². The number of likely N-dealkylation sites (tertiary alicyclic amines) is 1. The van der Waals surface area contributed by atoms with Crippen molar-refractivity contribution < 1.29 is 9.59 Å². The van der Waals surface area contributed by atoms with E-state index < -0.39 is 0 Å². The van der Waals surface area contributed by atoms with Gasteiger partial charge in [0.2, 0.25) is 11.8 Å². The molecule has 5 nitrogen and oxygen atoms in total. The van der Waals surface area contributed by atoms with Crippen molar-refractivity contribution in [1.82, 2.24) is 4.90 Å². The molecule has 0 aromatic heterocycles. The molecule has 2 unspecified atom stereocenters. The number of rotatable bonds is 6. The van der Waals surface area contributed by atoms with Crippen LogP contribution in [0.2, 0.25) is 0 Å². The molecule has 28 heavy (non-hydrogen) atoms. The van der Waals surface area contributed by atoms with Crippen molar-refractivity contribution in [3.63, 3.8) is 0 Å². The zero-order valence-electron chi connectivity index (χ0n) is 16.8. The maximum atomic E-state index is 12.7. The second kappa shape index (κ2) is 8.54. The van der Waals surface area contributed by atoms with Crippen LogP contribution in [0, 0.1) is 17.8 Å². The lowest BCUT2D eigenvalue weighted by Gasteiger charge is -2.26. The summed E-state index contributed by atoms with van der Waals surface area (Å²) in [5.74, 6) is 1.94. The van der Waals surface area contributed by atoms with Crippen molar-refractivity contribution in [2.24, 2.45) is 23.5 Å². The molecule has 2 saturated heterocycles. The van der Waals surface area contributed by atoms with Crippen LogP contribution in [0.5, 0.6) is 0 Å². The van der Waals surface area contributed by atoms with Crippen molar-refractivity contribution in [1.29, 1.82) is 0 Å². The Labute approximate surface area is 168 Å². The van der Waals surface area contributed by atoms with Gasteiger partial charge in [-0.05, 0) is 42.9 Å². The highest BCUT2D eigenvalue weighted by atomic mass is 16.2. The predicted molar refractivity (Wildman–Crippen MR) is 111 cm³/mol. The lowest BCUT2D eigenvalue weighted by molar-refractivity contribution is -0.131. The minimum atomic E-state index is -0.251. The third-order valence-electron chi connectivity index (χ3n) is 6.96. The molecule has 5 heteroatoms. The summed E-state index contributed by atoms with van der Waals surface area (Å²) >= 11 is 0. The van der Waals surface area contributed by atoms with Crippen LogP contribution >= 0.6 is 0 Å². The zero-order valence-corrected chi connectivity index (χ0v) is 16.8. The molecule has 0 spiro atoms. The second-order valence-electron chi connectivity index (χ2n) is 9.07. The molecule has 3 aliphatic rings. The number of benzene rings is 1. The van der Waals surface area contributed by atoms with Crippen LogP contribution in [0.25, 0.3) is 0 Å². The fourth-order valence-corrected chi connectivity index (χ4v) is 5.35. The first-order chi connectivity index (χ1) is 13.6. The Hall–Kier alpha value is -2.04. The minimum absolute atomic E-state index is 0.251. The number of anilines is 1. The lowest BCUT2D eigenvalue weighted by Crippen LogP contribution is -2.34. The quantitative estimate of drug-likeness (QED) is 0.821. The number of hydrogen-bond donors (Lipinski definition) is 1. The first kappa shape index (κ1) is 19.3. The molecule has 1 aromatic carbocycles. The summed E-state index contributed by atoms with van der Waals surface area (Å²) in [7, 11) is 0. The topological polar surface area (TPSA) is 66.6 Å². The molecule has 2 aliphatic heterocycles. The molecule has 1 saturated carbocycles. The highest BCUT2D eigenvalue weighted by Gasteiger charge is 2.41. The summed E-state index contributed by atoms with van der Waals surface area (Å²) in [6.07, 6.45) is 8.30. The second-order valence-corrected chi connectivity index (χ2v) is 9.07. The highest BCUT2D eigenvalue weighted by Crippen LogP contribution is 2.35. The minimum Gasteiger partial charge on any atom is -0.371 e. The van der Waals surface area contributed by atoms with Crippen LogP contribution < -0.4 is 10.6 Å². The summed E-state index contributed by atoms with van der Waals surface area (Å²) in [5.41, 5.74) is 7.67. The fraction of sp³-hybridized carbons (Fsp3) is 0.652. The Morgan fingerprint density at radius 1 is 1.00 bits per heavy atom. The number of nitrogens with two attached hydrogens (primary N) is 1. The number of fused-ring (bicyclic) bond motifs is 1. The number of aryl methyl sites for hydroxylation is 1. The van der Waals surface area contributed by atoms with Gasteiger partial charge < -0.3 is 15.5 Å². The van der Waals surface area contributed by atoms with E-state index in [2.05, 4.69) is 34.1 Å². The van der Waals surface area contributed by atoms with E-state index >= 15 is 0 Å². The average molecular weight is 384 g/mol. The highest BCUT2D eigenvalue weighted by molar-refractivity contribution is 5.77. The molecule has 1 aromatic rings. The number of nitrogens with zero attached hydrogens (tertiary/aromatic N) is 2. The van der Waals surface area contributed by atoms with Gasteiger partial charge in [-0.15, -0.1) is 0 Å². The molecule has 0 radical (unpaired) electrons. The normalized spacial score (nSPS) is 25.1. The van der Waals surface area contributed by atoms with Gasteiger partial charge in [-0.3, -0.25) is 9.59 Å². The van der Waals surface area contributed by atoms with E-state index in [1.54, 1.807) is 0 Å². The number of primary amides is 1. The maximum absolute atomic E-state index is 12.7. The van der Waals surface area contributed by atoms with Crippen LogP contribution in [-0.4, -0.2) is 42.9 Å². The molecule has 2 amide bonds. The Bertz CT molecular complexity index is 700. The predicted octanol–water partition coefficient (Wildman–Crippen LogP) is 2.97. The maximum Gasteiger partial charge on any atom is 0.222 e. The van der Waals surface area contributed by atoms with Crippen molar-refractivity contribution >= 4 is 17.5 Å². The van der Waals surface area contributed by atoms with Gasteiger partial charge in [0, 0.05) is 56.5 Å². The third-order valence-corrected chi connectivity index (χ3v) is 6.96. The summed E-state index contributed by atoms with van der Waals surface area (Å²) in [6.45, 7) is 3.90. The van der Waals surface area contributed by atoms with Gasteiger partial charge in [-0.25, -0.2) is 0 Å². The lowest BCUT2D eigenvalue weighted by atomic mass is 9.87. The van der Waals surface area contributed by atoms with E-state index in [4.69, 9.17) is 5.73 Å². The van der Waals surface area contributed by atoms with E-state index in [0.29, 0.717) is 36.5 Å². The van der Waals surface area contributed by atoms with Crippen LogP contribution in [0.15, 0.2) is 24.3 Å². The van der Waals surface area contributed by atoms with E-state index in [1.165, 1.54) is 37.8 Å². The Balaban J connectivity index is 1.30. The summed E-state index contributed by atoms with van der Waals surface area (Å²) in [5, 5.41) is 0. The molecule has 4 rings (SSSR count). The first-order valence-electron chi connectivity index (χ1n) is 11.0. The van der Waals surface area contributed by atoms with E-state index in [9.17, 15) is 9.59 Å². The van der Waals surface area contributed by atoms with Crippen LogP contribution in [0.4, 0.5) is 5.69 Å². The number of carbonyl (C=O) groups is 2. The molecule has 152 valence electrons. The average Bonchev–Trinajstić information content (AvgIpc) is 3.27. The largest absolute Gasteiger partial charge is 0.371 e. The third kappa shape index (κ3) is 4.50. The molecule has 2 atom stereocenters. The fourth-order valence-electron chi connectivity index (χ4n) is 5.35.